The van der Waals surface area contributed by atoms with Gasteiger partial charge in [-0.15, -0.1) is 0 Å². The summed E-state index contributed by atoms with van der Waals surface area (Å²) < 4.78 is 0. The number of nitrogens with zero attached hydrogens (tertiary/aromatic N) is 1. The summed E-state index contributed by atoms with van der Waals surface area (Å²) in [4.78, 5) is 27.3. The van der Waals surface area contributed by atoms with E-state index in [0.29, 0.717) is 10.0 Å². The zero-order valence-electron chi connectivity index (χ0n) is 16.4. The Morgan fingerprint density at radius 1 is 1.07 bits per heavy atom. The van der Waals surface area contributed by atoms with Crippen molar-refractivity contribution in [2.75, 3.05) is 0 Å². The number of benzene rings is 2. The summed E-state index contributed by atoms with van der Waals surface area (Å²) in [6.07, 6.45) is 1.03. The molecular formula is C22H26Cl2N2O2. The standard InChI is InChI=1S/C22H26Cl2N2O2/c1-4-15(2)25-22(28)16(3)26(14-18-10-11-19(23)13-20(18)24)21(27)12-17-8-6-5-7-9-17/h5-11,13,15-16H,4,12,14H2,1-3H3,(H,25,28). The van der Waals surface area contributed by atoms with E-state index in [-0.39, 0.29) is 30.8 Å². The van der Waals surface area contributed by atoms with Crippen molar-refractivity contribution in [2.45, 2.75) is 52.2 Å². The molecule has 0 saturated heterocycles. The largest absolute Gasteiger partial charge is 0.352 e. The van der Waals surface area contributed by atoms with Crippen LogP contribution >= 0.6 is 23.2 Å². The minimum atomic E-state index is -0.628. The lowest BCUT2D eigenvalue weighted by Crippen LogP contribution is -2.49. The molecule has 0 spiro atoms. The first kappa shape index (κ1) is 22.3. The van der Waals surface area contributed by atoms with E-state index in [1.54, 1.807) is 30.0 Å². The second-order valence-electron chi connectivity index (χ2n) is 6.91. The van der Waals surface area contributed by atoms with Crippen LogP contribution in [0.4, 0.5) is 0 Å². The molecule has 0 heterocycles. The molecule has 1 N–H and O–H groups in total. The van der Waals surface area contributed by atoms with E-state index in [0.717, 1.165) is 17.5 Å². The molecular weight excluding hydrogens is 395 g/mol. The SMILES string of the molecule is CCC(C)NC(=O)C(C)N(Cc1ccc(Cl)cc1Cl)C(=O)Cc1ccccc1. The number of rotatable bonds is 8. The maximum Gasteiger partial charge on any atom is 0.242 e. The molecule has 2 amide bonds. The molecule has 2 unspecified atom stereocenters. The molecule has 0 fully saturated rings. The van der Waals surface area contributed by atoms with Gasteiger partial charge in [0.15, 0.2) is 0 Å². The lowest BCUT2D eigenvalue weighted by atomic mass is 10.1. The van der Waals surface area contributed by atoms with Crippen LogP contribution in [-0.2, 0) is 22.6 Å². The summed E-state index contributed by atoms with van der Waals surface area (Å²) in [5, 5.41) is 3.95. The van der Waals surface area contributed by atoms with Gasteiger partial charge in [0.2, 0.25) is 11.8 Å². The van der Waals surface area contributed by atoms with Gasteiger partial charge < -0.3 is 10.2 Å². The molecule has 0 aromatic heterocycles. The highest BCUT2D eigenvalue weighted by atomic mass is 35.5. The van der Waals surface area contributed by atoms with Crippen LogP contribution in [0, 0.1) is 0 Å². The van der Waals surface area contributed by atoms with Crippen molar-refractivity contribution in [2.24, 2.45) is 0 Å². The second-order valence-corrected chi connectivity index (χ2v) is 7.76. The fraction of sp³-hybridized carbons (Fsp3) is 0.364. The van der Waals surface area contributed by atoms with Crippen LogP contribution in [0.5, 0.6) is 0 Å². The number of carbonyl (C=O) groups is 2. The van der Waals surface area contributed by atoms with E-state index < -0.39 is 6.04 Å². The summed E-state index contributed by atoms with van der Waals surface area (Å²) >= 11 is 12.3. The molecule has 0 aliphatic heterocycles. The monoisotopic (exact) mass is 420 g/mol. The number of hydrogen-bond acceptors (Lipinski definition) is 2. The van der Waals surface area contributed by atoms with Crippen LogP contribution in [0.3, 0.4) is 0 Å². The smallest absolute Gasteiger partial charge is 0.242 e. The Morgan fingerprint density at radius 3 is 2.36 bits per heavy atom. The summed E-state index contributed by atoms with van der Waals surface area (Å²) in [5.41, 5.74) is 1.64. The van der Waals surface area contributed by atoms with Crippen molar-refractivity contribution >= 4 is 35.0 Å². The quantitative estimate of drug-likeness (QED) is 0.661. The summed E-state index contributed by atoms with van der Waals surface area (Å²) in [6, 6.07) is 14.1. The van der Waals surface area contributed by atoms with E-state index in [2.05, 4.69) is 5.32 Å². The van der Waals surface area contributed by atoms with Gasteiger partial charge in [0.05, 0.1) is 6.42 Å². The first-order chi connectivity index (χ1) is 13.3. The molecule has 28 heavy (non-hydrogen) atoms. The van der Waals surface area contributed by atoms with E-state index in [4.69, 9.17) is 23.2 Å². The second kappa shape index (κ2) is 10.5. The van der Waals surface area contributed by atoms with E-state index in [1.165, 1.54) is 0 Å². The van der Waals surface area contributed by atoms with Crippen molar-refractivity contribution in [3.8, 4) is 0 Å². The molecule has 2 aromatic carbocycles. The average molecular weight is 421 g/mol. The average Bonchev–Trinajstić information content (AvgIpc) is 2.67. The minimum absolute atomic E-state index is 0.0418. The van der Waals surface area contributed by atoms with Gasteiger partial charge in [0, 0.05) is 22.6 Å². The lowest BCUT2D eigenvalue weighted by molar-refractivity contribution is -0.140. The van der Waals surface area contributed by atoms with Crippen LogP contribution in [0.1, 0.15) is 38.3 Å². The highest BCUT2D eigenvalue weighted by Crippen LogP contribution is 2.23. The Hall–Kier alpha value is -2.04. The lowest BCUT2D eigenvalue weighted by Gasteiger charge is -2.30. The fourth-order valence-corrected chi connectivity index (χ4v) is 3.22. The number of carbonyl (C=O) groups excluding carboxylic acids is 2. The molecule has 0 bridgehead atoms. The Kier molecular flexibility index (Phi) is 8.34. The molecule has 0 aliphatic carbocycles. The predicted molar refractivity (Wildman–Crippen MR) is 115 cm³/mol. The molecule has 4 nitrogen and oxygen atoms in total. The zero-order chi connectivity index (χ0) is 20.7. The summed E-state index contributed by atoms with van der Waals surface area (Å²) in [6.45, 7) is 5.92. The Labute approximate surface area is 176 Å². The van der Waals surface area contributed by atoms with E-state index >= 15 is 0 Å². The molecule has 6 heteroatoms. The van der Waals surface area contributed by atoms with Crippen molar-refractivity contribution in [1.82, 2.24) is 10.2 Å². The highest BCUT2D eigenvalue weighted by molar-refractivity contribution is 6.35. The Morgan fingerprint density at radius 2 is 1.75 bits per heavy atom. The van der Waals surface area contributed by atoms with Gasteiger partial charge in [0.1, 0.15) is 6.04 Å². The Bertz CT molecular complexity index is 811. The Balaban J connectivity index is 2.25. The fourth-order valence-electron chi connectivity index (χ4n) is 2.75. The van der Waals surface area contributed by atoms with Crippen LogP contribution in [-0.4, -0.2) is 28.8 Å². The van der Waals surface area contributed by atoms with Gasteiger partial charge >= 0.3 is 0 Å². The van der Waals surface area contributed by atoms with Gasteiger partial charge in [0.25, 0.3) is 0 Å². The summed E-state index contributed by atoms with van der Waals surface area (Å²) in [5.74, 6) is -0.315. The number of hydrogen-bond donors (Lipinski definition) is 1. The van der Waals surface area contributed by atoms with Crippen molar-refractivity contribution in [1.29, 1.82) is 0 Å². The number of halogens is 2. The first-order valence-electron chi connectivity index (χ1n) is 9.39. The maximum absolute atomic E-state index is 13.1. The normalized spacial score (nSPS) is 12.9. The molecule has 2 rings (SSSR count). The molecule has 2 aromatic rings. The van der Waals surface area contributed by atoms with Crippen molar-refractivity contribution in [3.05, 3.63) is 69.7 Å². The topological polar surface area (TPSA) is 49.4 Å². The third-order valence-corrected chi connectivity index (χ3v) is 5.31. The van der Waals surface area contributed by atoms with E-state index in [9.17, 15) is 9.59 Å². The van der Waals surface area contributed by atoms with Gasteiger partial charge in [-0.25, -0.2) is 0 Å². The molecule has 0 aliphatic rings. The van der Waals surface area contributed by atoms with Crippen LogP contribution in [0.15, 0.2) is 48.5 Å². The summed E-state index contributed by atoms with van der Waals surface area (Å²) in [7, 11) is 0. The predicted octanol–water partition coefficient (Wildman–Crippen LogP) is 4.87. The van der Waals surface area contributed by atoms with Gasteiger partial charge in [-0.2, -0.15) is 0 Å². The third-order valence-electron chi connectivity index (χ3n) is 4.72. The van der Waals surface area contributed by atoms with Crippen LogP contribution < -0.4 is 5.32 Å². The minimum Gasteiger partial charge on any atom is -0.352 e. The van der Waals surface area contributed by atoms with Crippen LogP contribution in [0.2, 0.25) is 10.0 Å². The highest BCUT2D eigenvalue weighted by Gasteiger charge is 2.27. The third kappa shape index (κ3) is 6.25. The van der Waals surface area contributed by atoms with Crippen LogP contribution in [0.25, 0.3) is 0 Å². The number of nitrogens with one attached hydrogen (secondary N) is 1. The van der Waals surface area contributed by atoms with Gasteiger partial charge in [-0.3, -0.25) is 9.59 Å². The molecule has 150 valence electrons. The zero-order valence-corrected chi connectivity index (χ0v) is 17.9. The van der Waals surface area contributed by atoms with Crippen molar-refractivity contribution < 1.29 is 9.59 Å². The molecule has 2 atom stereocenters. The molecule has 0 saturated carbocycles. The van der Waals surface area contributed by atoms with Gasteiger partial charge in [-0.05, 0) is 43.5 Å². The van der Waals surface area contributed by atoms with Gasteiger partial charge in [-0.1, -0.05) is 66.5 Å². The number of amides is 2. The molecule has 0 radical (unpaired) electrons. The van der Waals surface area contributed by atoms with E-state index in [1.807, 2.05) is 44.2 Å². The first-order valence-corrected chi connectivity index (χ1v) is 10.1. The maximum atomic E-state index is 13.1. The van der Waals surface area contributed by atoms with Crippen molar-refractivity contribution in [3.63, 3.8) is 0 Å².